The van der Waals surface area contributed by atoms with Crippen molar-refractivity contribution < 1.29 is 9.18 Å². The van der Waals surface area contributed by atoms with Gasteiger partial charge in [0.2, 0.25) is 0 Å². The third-order valence-electron chi connectivity index (χ3n) is 3.28. The fourth-order valence-electron chi connectivity index (χ4n) is 2.05. The van der Waals surface area contributed by atoms with Crippen molar-refractivity contribution in [3.63, 3.8) is 0 Å². The molecule has 25 heavy (non-hydrogen) atoms. The predicted octanol–water partition coefficient (Wildman–Crippen LogP) is 2.28. The Morgan fingerprint density at radius 1 is 1.16 bits per heavy atom. The summed E-state index contributed by atoms with van der Waals surface area (Å²) >= 11 is 5.83. The third-order valence-corrected chi connectivity index (χ3v) is 3.50. The molecule has 0 unspecified atom stereocenters. The van der Waals surface area contributed by atoms with Gasteiger partial charge < -0.3 is 9.88 Å². The average molecular weight is 360 g/mol. The van der Waals surface area contributed by atoms with Gasteiger partial charge in [-0.1, -0.05) is 11.6 Å². The normalized spacial score (nSPS) is 10.5. The number of hydrogen-bond donors (Lipinski definition) is 1. The van der Waals surface area contributed by atoms with Crippen LogP contribution < -0.4 is 10.9 Å². The molecule has 0 aliphatic heterocycles. The highest BCUT2D eigenvalue weighted by atomic mass is 35.5. The Labute approximate surface area is 146 Å². The smallest absolute Gasteiger partial charge is 0.275 e. The fraction of sp³-hybridized carbons (Fsp3) is 0.0625. The number of aromatic nitrogens is 4. The molecule has 9 heteroatoms. The van der Waals surface area contributed by atoms with Gasteiger partial charge in [0.05, 0.1) is 12.0 Å². The molecule has 7 nitrogen and oxygen atoms in total. The Morgan fingerprint density at radius 2 is 1.96 bits per heavy atom. The van der Waals surface area contributed by atoms with E-state index in [0.29, 0.717) is 11.3 Å². The Hall–Kier alpha value is -3.13. The summed E-state index contributed by atoms with van der Waals surface area (Å²) in [5.74, 6) is -0.995. The summed E-state index contributed by atoms with van der Waals surface area (Å²) in [5, 5.41) is 2.69. The SMILES string of the molecule is Cn1cnc(NC(=O)c2cc(-c3cc(F)cc(Cl)c3)ncn2)cc1=O. The molecule has 126 valence electrons. The van der Waals surface area contributed by atoms with Gasteiger partial charge in [0.25, 0.3) is 11.5 Å². The van der Waals surface area contributed by atoms with Crippen LogP contribution in [0, 0.1) is 5.82 Å². The van der Waals surface area contributed by atoms with E-state index in [1.54, 1.807) is 7.05 Å². The molecule has 1 amide bonds. The topological polar surface area (TPSA) is 89.8 Å². The van der Waals surface area contributed by atoms with E-state index in [1.807, 2.05) is 0 Å². The molecule has 0 saturated heterocycles. The van der Waals surface area contributed by atoms with Crippen molar-refractivity contribution in [3.8, 4) is 11.3 Å². The maximum absolute atomic E-state index is 13.5. The van der Waals surface area contributed by atoms with Crippen molar-refractivity contribution in [1.29, 1.82) is 0 Å². The molecule has 2 heterocycles. The molecule has 0 bridgehead atoms. The standard InChI is InChI=1S/C16H11ClFN5O2/c1-23-8-21-14(6-15(23)24)22-16(25)13-5-12(19-7-20-13)9-2-10(17)4-11(18)3-9/h2-8H,1H3,(H,22,25). The Bertz CT molecular complexity index is 1000. The molecule has 0 fully saturated rings. The van der Waals surface area contributed by atoms with E-state index in [4.69, 9.17) is 11.6 Å². The van der Waals surface area contributed by atoms with Crippen LogP contribution >= 0.6 is 11.6 Å². The summed E-state index contributed by atoms with van der Waals surface area (Å²) in [4.78, 5) is 35.7. The number of benzene rings is 1. The van der Waals surface area contributed by atoms with Gasteiger partial charge in [0.15, 0.2) is 0 Å². The van der Waals surface area contributed by atoms with Gasteiger partial charge in [0.1, 0.15) is 23.7 Å². The van der Waals surface area contributed by atoms with E-state index < -0.39 is 11.7 Å². The van der Waals surface area contributed by atoms with E-state index >= 15 is 0 Å². The molecule has 3 rings (SSSR count). The maximum atomic E-state index is 13.5. The largest absolute Gasteiger partial charge is 0.305 e. The summed E-state index contributed by atoms with van der Waals surface area (Å²) in [7, 11) is 1.54. The highest BCUT2D eigenvalue weighted by molar-refractivity contribution is 6.30. The quantitative estimate of drug-likeness (QED) is 0.774. The van der Waals surface area contributed by atoms with Gasteiger partial charge in [0, 0.05) is 23.7 Å². The lowest BCUT2D eigenvalue weighted by atomic mass is 10.1. The van der Waals surface area contributed by atoms with Crippen molar-refractivity contribution in [2.24, 2.45) is 7.05 Å². The highest BCUT2D eigenvalue weighted by Crippen LogP contribution is 2.23. The van der Waals surface area contributed by atoms with E-state index in [9.17, 15) is 14.0 Å². The second kappa shape index (κ2) is 6.78. The van der Waals surface area contributed by atoms with Crippen LogP contribution in [-0.4, -0.2) is 25.4 Å². The molecule has 2 aromatic heterocycles. The number of anilines is 1. The molecule has 0 radical (unpaired) electrons. The van der Waals surface area contributed by atoms with Gasteiger partial charge in [-0.05, 0) is 24.3 Å². The number of nitrogens with zero attached hydrogens (tertiary/aromatic N) is 4. The molecule has 0 aliphatic carbocycles. The molecule has 3 aromatic rings. The lowest BCUT2D eigenvalue weighted by molar-refractivity contribution is 0.102. The van der Waals surface area contributed by atoms with Crippen molar-refractivity contribution in [1.82, 2.24) is 19.5 Å². The van der Waals surface area contributed by atoms with Gasteiger partial charge in [-0.15, -0.1) is 0 Å². The number of hydrogen-bond acceptors (Lipinski definition) is 5. The first-order chi connectivity index (χ1) is 11.9. The molecule has 1 aromatic carbocycles. The predicted molar refractivity (Wildman–Crippen MR) is 89.9 cm³/mol. The van der Waals surface area contributed by atoms with Crippen LogP contribution in [-0.2, 0) is 7.05 Å². The van der Waals surface area contributed by atoms with Crippen LogP contribution in [0.5, 0.6) is 0 Å². The first-order valence-electron chi connectivity index (χ1n) is 7.05. The van der Waals surface area contributed by atoms with Gasteiger partial charge in [-0.25, -0.2) is 19.3 Å². The van der Waals surface area contributed by atoms with E-state index in [-0.39, 0.29) is 22.1 Å². The summed E-state index contributed by atoms with van der Waals surface area (Å²) < 4.78 is 14.8. The fourth-order valence-corrected chi connectivity index (χ4v) is 2.27. The second-order valence-electron chi connectivity index (χ2n) is 5.12. The Morgan fingerprint density at radius 3 is 2.68 bits per heavy atom. The minimum Gasteiger partial charge on any atom is -0.305 e. The lowest BCUT2D eigenvalue weighted by Gasteiger charge is -2.06. The minimum absolute atomic E-state index is 0.0351. The van der Waals surface area contributed by atoms with Gasteiger partial charge in [-0.2, -0.15) is 0 Å². The number of halogens is 2. The Kier molecular flexibility index (Phi) is 4.53. The van der Waals surface area contributed by atoms with Gasteiger partial charge >= 0.3 is 0 Å². The molecule has 1 N–H and O–H groups in total. The molecular weight excluding hydrogens is 349 g/mol. The summed E-state index contributed by atoms with van der Waals surface area (Å²) in [5.41, 5.74) is 0.461. The average Bonchev–Trinajstić information content (AvgIpc) is 2.57. The van der Waals surface area contributed by atoms with Crippen molar-refractivity contribution in [3.05, 3.63) is 69.9 Å². The monoisotopic (exact) mass is 359 g/mol. The molecule has 0 aliphatic rings. The zero-order valence-electron chi connectivity index (χ0n) is 12.9. The molecule has 0 spiro atoms. The summed E-state index contributed by atoms with van der Waals surface area (Å²) in [6.45, 7) is 0. The Balaban J connectivity index is 1.89. The van der Waals surface area contributed by atoms with Crippen LogP contribution in [0.25, 0.3) is 11.3 Å². The molecule has 0 atom stereocenters. The maximum Gasteiger partial charge on any atom is 0.275 e. The first-order valence-corrected chi connectivity index (χ1v) is 7.43. The number of carbonyl (C=O) groups is 1. The summed E-state index contributed by atoms with van der Waals surface area (Å²) in [6.07, 6.45) is 2.47. The summed E-state index contributed by atoms with van der Waals surface area (Å²) in [6, 6.07) is 6.52. The zero-order chi connectivity index (χ0) is 18.0. The number of aryl methyl sites for hydroxylation is 1. The van der Waals surface area contributed by atoms with Crippen molar-refractivity contribution in [2.75, 3.05) is 5.32 Å². The minimum atomic E-state index is -0.577. The highest BCUT2D eigenvalue weighted by Gasteiger charge is 2.12. The third kappa shape index (κ3) is 3.86. The zero-order valence-corrected chi connectivity index (χ0v) is 13.7. The first kappa shape index (κ1) is 16.7. The number of rotatable bonds is 3. The van der Waals surface area contributed by atoms with E-state index in [1.165, 1.54) is 47.6 Å². The van der Waals surface area contributed by atoms with Gasteiger partial charge in [-0.3, -0.25) is 9.59 Å². The number of amides is 1. The number of nitrogens with one attached hydrogen (secondary N) is 1. The number of carbonyl (C=O) groups excluding carboxylic acids is 1. The van der Waals surface area contributed by atoms with Crippen LogP contribution in [0.3, 0.4) is 0 Å². The van der Waals surface area contributed by atoms with E-state index in [2.05, 4.69) is 20.3 Å². The van der Waals surface area contributed by atoms with Crippen LogP contribution in [0.15, 0.2) is 47.8 Å². The second-order valence-corrected chi connectivity index (χ2v) is 5.56. The van der Waals surface area contributed by atoms with E-state index in [0.717, 1.165) is 0 Å². The molecular formula is C16H11ClFN5O2. The lowest BCUT2D eigenvalue weighted by Crippen LogP contribution is -2.20. The van der Waals surface area contributed by atoms with Crippen molar-refractivity contribution in [2.45, 2.75) is 0 Å². The van der Waals surface area contributed by atoms with Crippen LogP contribution in [0.1, 0.15) is 10.5 Å². The van der Waals surface area contributed by atoms with Crippen LogP contribution in [0.4, 0.5) is 10.2 Å². The molecule has 0 saturated carbocycles. The van der Waals surface area contributed by atoms with Crippen molar-refractivity contribution >= 4 is 23.3 Å². The van der Waals surface area contributed by atoms with Crippen LogP contribution in [0.2, 0.25) is 5.02 Å².